The molecule has 1 aliphatic carbocycles. The lowest BCUT2D eigenvalue weighted by Gasteiger charge is -2.16. The zero-order valence-corrected chi connectivity index (χ0v) is 15.5. The zero-order valence-electron chi connectivity index (χ0n) is 15.5. The first-order chi connectivity index (χ1) is 11.1. The minimum absolute atomic E-state index is 0.0869. The van der Waals surface area contributed by atoms with Crippen LogP contribution in [0.4, 0.5) is 0 Å². The molecule has 1 aliphatic heterocycles. The molecule has 0 bridgehead atoms. The van der Waals surface area contributed by atoms with Crippen molar-refractivity contribution in [1.29, 1.82) is 0 Å². The first-order valence-corrected chi connectivity index (χ1v) is 9.46. The molecular weight excluding hydrogens is 292 g/mol. The molecule has 0 aromatic rings. The summed E-state index contributed by atoms with van der Waals surface area (Å²) >= 11 is 0. The summed E-state index contributed by atoms with van der Waals surface area (Å²) in [6, 6.07) is 0. The van der Waals surface area contributed by atoms with Gasteiger partial charge in [0.25, 0.3) is 0 Å². The Morgan fingerprint density at radius 1 is 1.09 bits per heavy atom. The Morgan fingerprint density at radius 2 is 1.74 bits per heavy atom. The average Bonchev–Trinajstić information content (AvgIpc) is 3.04. The number of unbranched alkanes of at least 4 members (excludes halogenated alkanes) is 3. The van der Waals surface area contributed by atoms with Gasteiger partial charge in [-0.25, -0.2) is 0 Å². The highest BCUT2D eigenvalue weighted by atomic mass is 16.6. The Hall–Kier alpha value is -0.610. The van der Waals surface area contributed by atoms with Crippen LogP contribution in [0.25, 0.3) is 0 Å². The van der Waals surface area contributed by atoms with Crippen LogP contribution in [0.5, 0.6) is 0 Å². The third kappa shape index (κ3) is 16.0. The average molecular weight is 331 g/mol. The summed E-state index contributed by atoms with van der Waals surface area (Å²) in [6.45, 7) is 5.23. The van der Waals surface area contributed by atoms with Crippen molar-refractivity contribution in [2.24, 2.45) is 5.92 Å². The molecule has 4 heteroatoms. The van der Waals surface area contributed by atoms with Gasteiger partial charge in [0.1, 0.15) is 0 Å². The van der Waals surface area contributed by atoms with Crippen LogP contribution in [0, 0.1) is 5.92 Å². The highest BCUT2D eigenvalue weighted by Gasteiger charge is 2.08. The van der Waals surface area contributed by atoms with E-state index in [9.17, 15) is 4.79 Å². The molecule has 2 aliphatic rings. The quantitative estimate of drug-likeness (QED) is 0.579. The number of esters is 1. The van der Waals surface area contributed by atoms with Gasteiger partial charge in [0.05, 0.1) is 7.11 Å². The molecule has 0 aromatic carbocycles. The monoisotopic (exact) mass is 330 g/mol. The third-order valence-electron chi connectivity index (χ3n) is 4.26. The van der Waals surface area contributed by atoms with Gasteiger partial charge in [-0.15, -0.1) is 0 Å². The van der Waals surface area contributed by atoms with E-state index in [0.29, 0.717) is 6.42 Å². The Labute approximate surface area is 142 Å². The van der Waals surface area contributed by atoms with E-state index in [4.69, 9.17) is 9.84 Å². The summed E-state index contributed by atoms with van der Waals surface area (Å²) in [5, 5.41) is 8.69. The van der Waals surface area contributed by atoms with Crippen LogP contribution >= 0.6 is 0 Å². The second-order valence-corrected chi connectivity index (χ2v) is 6.60. The fraction of sp³-hybridized carbons (Fsp3) is 0.947. The summed E-state index contributed by atoms with van der Waals surface area (Å²) < 4.78 is 9.32. The predicted molar refractivity (Wildman–Crippen MR) is 94.2 cm³/mol. The molecule has 1 heterocycles. The molecule has 0 amide bonds. The maximum Gasteiger partial charge on any atom is 0.305 e. The van der Waals surface area contributed by atoms with Crippen LogP contribution in [0.3, 0.4) is 0 Å². The number of aliphatic hydroxyl groups is 1. The molecule has 4 nitrogen and oxygen atoms in total. The fourth-order valence-corrected chi connectivity index (χ4v) is 2.65. The second kappa shape index (κ2) is 16.3. The van der Waals surface area contributed by atoms with Gasteiger partial charge in [0.15, 0.2) is 6.29 Å². The smallest absolute Gasteiger partial charge is 0.305 e. The highest BCUT2D eigenvalue weighted by Crippen LogP contribution is 2.22. The minimum Gasteiger partial charge on any atom is -0.469 e. The third-order valence-corrected chi connectivity index (χ3v) is 4.26. The number of ether oxygens (including phenoxy) is 2. The van der Waals surface area contributed by atoms with E-state index in [1.807, 2.05) is 0 Å². The molecule has 1 N–H and O–H groups in total. The molecule has 2 rings (SSSR count). The summed E-state index contributed by atoms with van der Waals surface area (Å²) in [5.74, 6) is 0.959. The van der Waals surface area contributed by atoms with Crippen molar-refractivity contribution < 1.29 is 19.4 Å². The van der Waals surface area contributed by atoms with Gasteiger partial charge in [0, 0.05) is 13.0 Å². The second-order valence-electron chi connectivity index (χ2n) is 6.60. The summed E-state index contributed by atoms with van der Waals surface area (Å²) in [4.78, 5) is 10.6. The number of carbonyl (C=O) groups is 1. The fourth-order valence-electron chi connectivity index (χ4n) is 2.65. The van der Waals surface area contributed by atoms with E-state index in [1.165, 1.54) is 45.6 Å². The molecule has 0 radical (unpaired) electrons. The SMILES string of the molecule is CC1CCCC1.CCCCCCC(=O)OC.OC1CCCCO1. The van der Waals surface area contributed by atoms with Crippen molar-refractivity contribution in [1.82, 2.24) is 0 Å². The lowest BCUT2D eigenvalue weighted by atomic mass is 10.2. The molecular formula is C19H38O4. The lowest BCUT2D eigenvalue weighted by molar-refractivity contribution is -0.140. The standard InChI is InChI=1S/C8H16O2.C6H12.C5H10O2/c1-3-4-5-6-7-8(9)10-2;1-6-4-2-3-5-6;6-5-3-1-2-4-7-5/h3-7H2,1-2H3;6H,2-5H2,1H3;5-6H,1-4H2. The molecule has 1 atom stereocenters. The Morgan fingerprint density at radius 3 is 2.09 bits per heavy atom. The maximum absolute atomic E-state index is 10.6. The Kier molecular flexibility index (Phi) is 15.8. The van der Waals surface area contributed by atoms with E-state index >= 15 is 0 Å². The first kappa shape index (κ1) is 22.4. The van der Waals surface area contributed by atoms with Crippen LogP contribution < -0.4 is 0 Å². The van der Waals surface area contributed by atoms with Gasteiger partial charge >= 0.3 is 5.97 Å². The number of aliphatic hydroxyl groups excluding tert-OH is 1. The van der Waals surface area contributed by atoms with Crippen LogP contribution in [-0.4, -0.2) is 31.1 Å². The van der Waals surface area contributed by atoms with E-state index in [1.54, 1.807) is 0 Å². The summed E-state index contributed by atoms with van der Waals surface area (Å²) in [6.07, 6.45) is 13.6. The van der Waals surface area contributed by atoms with Gasteiger partial charge in [0.2, 0.25) is 0 Å². The Bertz CT molecular complexity index is 256. The number of carbonyl (C=O) groups excluding carboxylic acids is 1. The van der Waals surface area contributed by atoms with Gasteiger partial charge < -0.3 is 14.6 Å². The number of methoxy groups -OCH3 is 1. The van der Waals surface area contributed by atoms with Crippen LogP contribution in [0.2, 0.25) is 0 Å². The van der Waals surface area contributed by atoms with Gasteiger partial charge in [-0.1, -0.05) is 58.8 Å². The number of hydrogen-bond donors (Lipinski definition) is 1. The summed E-state index contributed by atoms with van der Waals surface area (Å²) in [5.41, 5.74) is 0. The molecule has 23 heavy (non-hydrogen) atoms. The number of hydrogen-bond acceptors (Lipinski definition) is 4. The largest absolute Gasteiger partial charge is 0.469 e. The van der Waals surface area contributed by atoms with E-state index < -0.39 is 6.29 Å². The maximum atomic E-state index is 10.6. The zero-order chi connectivity index (χ0) is 17.3. The normalized spacial score (nSPS) is 20.8. The molecule has 0 aromatic heterocycles. The highest BCUT2D eigenvalue weighted by molar-refractivity contribution is 5.68. The topological polar surface area (TPSA) is 55.8 Å². The molecule has 1 saturated carbocycles. The van der Waals surface area contributed by atoms with Gasteiger partial charge in [-0.3, -0.25) is 4.79 Å². The lowest BCUT2D eigenvalue weighted by Crippen LogP contribution is -2.17. The van der Waals surface area contributed by atoms with Crippen LogP contribution in [0.15, 0.2) is 0 Å². The van der Waals surface area contributed by atoms with Gasteiger partial charge in [-0.2, -0.15) is 0 Å². The summed E-state index contributed by atoms with van der Waals surface area (Å²) in [7, 11) is 1.43. The van der Waals surface area contributed by atoms with Crippen molar-refractivity contribution in [3.05, 3.63) is 0 Å². The first-order valence-electron chi connectivity index (χ1n) is 9.46. The molecule has 1 saturated heterocycles. The van der Waals surface area contributed by atoms with E-state index in [0.717, 1.165) is 44.6 Å². The van der Waals surface area contributed by atoms with Crippen molar-refractivity contribution >= 4 is 5.97 Å². The van der Waals surface area contributed by atoms with Crippen molar-refractivity contribution in [3.63, 3.8) is 0 Å². The Balaban J connectivity index is 0.000000326. The molecule has 2 fully saturated rings. The van der Waals surface area contributed by atoms with Crippen molar-refractivity contribution in [2.45, 2.75) is 97.2 Å². The number of rotatable bonds is 5. The van der Waals surface area contributed by atoms with Crippen molar-refractivity contribution in [3.8, 4) is 0 Å². The van der Waals surface area contributed by atoms with Crippen LogP contribution in [0.1, 0.15) is 90.9 Å². The van der Waals surface area contributed by atoms with E-state index in [-0.39, 0.29) is 5.97 Å². The van der Waals surface area contributed by atoms with E-state index in [2.05, 4.69) is 18.6 Å². The molecule has 1 unspecified atom stereocenters. The van der Waals surface area contributed by atoms with Crippen molar-refractivity contribution in [2.75, 3.05) is 13.7 Å². The molecule has 138 valence electrons. The van der Waals surface area contributed by atoms with Crippen LogP contribution in [-0.2, 0) is 14.3 Å². The molecule has 0 spiro atoms. The minimum atomic E-state index is -0.464. The predicted octanol–water partition coefficient (Wildman–Crippen LogP) is 4.83. The van der Waals surface area contributed by atoms with Gasteiger partial charge in [-0.05, 0) is 31.6 Å².